The van der Waals surface area contributed by atoms with Gasteiger partial charge in [0.25, 0.3) is 5.91 Å². The summed E-state index contributed by atoms with van der Waals surface area (Å²) in [5.74, 6) is -4.46. The molecule has 178 valence electrons. The molecule has 3 aromatic carbocycles. The quantitative estimate of drug-likeness (QED) is 0.429. The van der Waals surface area contributed by atoms with E-state index in [2.05, 4.69) is 0 Å². The maximum Gasteiger partial charge on any atom is 0.326 e. The van der Waals surface area contributed by atoms with Crippen LogP contribution in [0.5, 0.6) is 5.75 Å². The van der Waals surface area contributed by atoms with E-state index in [9.17, 15) is 22.8 Å². The van der Waals surface area contributed by atoms with Gasteiger partial charge >= 0.3 is 5.97 Å². The van der Waals surface area contributed by atoms with E-state index < -0.39 is 47.0 Å². The van der Waals surface area contributed by atoms with Gasteiger partial charge in [-0.2, -0.15) is 0 Å². The minimum Gasteiger partial charge on any atom is -0.494 e. The van der Waals surface area contributed by atoms with Crippen molar-refractivity contribution in [1.29, 1.82) is 0 Å². The van der Waals surface area contributed by atoms with Crippen LogP contribution in [0, 0.1) is 17.5 Å². The maximum atomic E-state index is 14.4. The molecule has 0 aromatic heterocycles. The number of methoxy groups -OCH3 is 1. The second-order valence-corrected chi connectivity index (χ2v) is 8.47. The van der Waals surface area contributed by atoms with E-state index in [0.29, 0.717) is 11.1 Å². The molecule has 0 fully saturated rings. The van der Waals surface area contributed by atoms with Crippen molar-refractivity contribution in [2.24, 2.45) is 0 Å². The summed E-state index contributed by atoms with van der Waals surface area (Å²) in [6, 6.07) is 13.7. The minimum atomic E-state index is -1.06. The first kappa shape index (κ1) is 24.8. The van der Waals surface area contributed by atoms with Gasteiger partial charge in [0, 0.05) is 5.69 Å². The van der Waals surface area contributed by atoms with Gasteiger partial charge < -0.3 is 9.47 Å². The molecule has 0 radical (unpaired) electrons. The molecule has 3 rings (SSSR count). The third kappa shape index (κ3) is 5.75. The Hall–Kier alpha value is -3.81. The number of esters is 1. The first-order valence-corrected chi connectivity index (χ1v) is 10.4. The number of ether oxygens (including phenoxy) is 2. The number of carbonyl (C=O) groups excluding carboxylic acids is 2. The molecule has 5 nitrogen and oxygen atoms in total. The van der Waals surface area contributed by atoms with Gasteiger partial charge in [0.05, 0.1) is 7.11 Å². The van der Waals surface area contributed by atoms with Crippen molar-refractivity contribution in [2.45, 2.75) is 26.4 Å². The first-order chi connectivity index (χ1) is 16.0. The van der Waals surface area contributed by atoms with Gasteiger partial charge in [-0.3, -0.25) is 14.5 Å². The summed E-state index contributed by atoms with van der Waals surface area (Å²) in [5, 5.41) is 0. The number of anilines is 1. The molecule has 0 heterocycles. The number of carbonyl (C=O) groups is 2. The second-order valence-electron chi connectivity index (χ2n) is 8.47. The smallest absolute Gasteiger partial charge is 0.326 e. The van der Waals surface area contributed by atoms with Gasteiger partial charge in [-0.25, -0.2) is 13.2 Å². The second kappa shape index (κ2) is 9.99. The number of hydrogen-bond acceptors (Lipinski definition) is 4. The van der Waals surface area contributed by atoms with Crippen LogP contribution in [-0.4, -0.2) is 31.1 Å². The van der Waals surface area contributed by atoms with Crippen LogP contribution in [-0.2, 0) is 9.53 Å². The highest BCUT2D eigenvalue weighted by Gasteiger charge is 2.28. The zero-order chi connectivity index (χ0) is 25.0. The highest BCUT2D eigenvalue weighted by Crippen LogP contribution is 2.29. The van der Waals surface area contributed by atoms with E-state index >= 15 is 0 Å². The fourth-order valence-electron chi connectivity index (χ4n) is 3.32. The van der Waals surface area contributed by atoms with Crippen molar-refractivity contribution in [1.82, 2.24) is 0 Å². The standard InChI is InChI=1S/C26H24F3NO4/c1-26(2,3)34-23(31)15-30(25(32)24-19(27)9-6-10-20(24)28)18-8-5-7-16(13-18)17-11-12-22(33-4)21(29)14-17/h5-14H,15H2,1-4H3. The minimum absolute atomic E-state index is 0.0664. The van der Waals surface area contributed by atoms with Crippen LogP contribution in [0.25, 0.3) is 11.1 Å². The lowest BCUT2D eigenvalue weighted by Gasteiger charge is -2.26. The van der Waals surface area contributed by atoms with E-state index in [1.807, 2.05) is 0 Å². The molecular formula is C26H24F3NO4. The fraction of sp³-hybridized carbons (Fsp3) is 0.231. The summed E-state index contributed by atoms with van der Waals surface area (Å²) in [4.78, 5) is 26.7. The number of amides is 1. The van der Waals surface area contributed by atoms with Gasteiger partial charge in [-0.15, -0.1) is 0 Å². The maximum absolute atomic E-state index is 14.4. The third-order valence-corrected chi connectivity index (χ3v) is 4.77. The number of nitrogens with zero attached hydrogens (tertiary/aromatic N) is 1. The van der Waals surface area contributed by atoms with E-state index in [1.54, 1.807) is 39.0 Å². The topological polar surface area (TPSA) is 55.8 Å². The third-order valence-electron chi connectivity index (χ3n) is 4.77. The van der Waals surface area contributed by atoms with Gasteiger partial charge in [0.15, 0.2) is 11.6 Å². The molecule has 0 aliphatic heterocycles. The molecule has 0 bridgehead atoms. The fourth-order valence-corrected chi connectivity index (χ4v) is 3.32. The molecule has 0 saturated carbocycles. The summed E-state index contributed by atoms with van der Waals surface area (Å²) < 4.78 is 53.2. The van der Waals surface area contributed by atoms with E-state index in [0.717, 1.165) is 23.1 Å². The molecule has 3 aromatic rings. The highest BCUT2D eigenvalue weighted by atomic mass is 19.1. The first-order valence-electron chi connectivity index (χ1n) is 10.4. The Morgan fingerprint density at radius 1 is 0.853 bits per heavy atom. The zero-order valence-corrected chi connectivity index (χ0v) is 19.2. The average Bonchev–Trinajstić information content (AvgIpc) is 2.76. The largest absolute Gasteiger partial charge is 0.494 e. The summed E-state index contributed by atoms with van der Waals surface area (Å²) in [6.45, 7) is 4.38. The number of hydrogen-bond donors (Lipinski definition) is 0. The average molecular weight is 471 g/mol. The van der Waals surface area contributed by atoms with Crippen LogP contribution in [0.3, 0.4) is 0 Å². The normalized spacial score (nSPS) is 11.1. The van der Waals surface area contributed by atoms with Crippen molar-refractivity contribution in [3.63, 3.8) is 0 Å². The van der Waals surface area contributed by atoms with Crippen LogP contribution < -0.4 is 9.64 Å². The predicted molar refractivity (Wildman–Crippen MR) is 122 cm³/mol. The Labute approximate surface area is 195 Å². The molecule has 1 amide bonds. The van der Waals surface area contributed by atoms with Crippen molar-refractivity contribution in [3.8, 4) is 16.9 Å². The van der Waals surface area contributed by atoms with E-state index in [-0.39, 0.29) is 11.4 Å². The van der Waals surface area contributed by atoms with Crippen molar-refractivity contribution >= 4 is 17.6 Å². The molecule has 34 heavy (non-hydrogen) atoms. The number of benzene rings is 3. The van der Waals surface area contributed by atoms with E-state index in [1.165, 1.54) is 31.4 Å². The van der Waals surface area contributed by atoms with Crippen molar-refractivity contribution in [3.05, 3.63) is 83.7 Å². The van der Waals surface area contributed by atoms with Crippen LogP contribution in [0.4, 0.5) is 18.9 Å². The Bertz CT molecular complexity index is 1200. The van der Waals surface area contributed by atoms with Crippen LogP contribution in [0.15, 0.2) is 60.7 Å². The van der Waals surface area contributed by atoms with Crippen LogP contribution in [0.1, 0.15) is 31.1 Å². The van der Waals surface area contributed by atoms with Gasteiger partial charge in [-0.1, -0.05) is 24.3 Å². The zero-order valence-electron chi connectivity index (χ0n) is 19.2. The van der Waals surface area contributed by atoms with Crippen LogP contribution >= 0.6 is 0 Å². The number of rotatable bonds is 6. The molecule has 0 aliphatic rings. The molecule has 0 aliphatic carbocycles. The molecule has 8 heteroatoms. The lowest BCUT2D eigenvalue weighted by molar-refractivity contribution is -0.152. The van der Waals surface area contributed by atoms with Gasteiger partial charge in [0.1, 0.15) is 29.3 Å². The molecule has 0 unspecified atom stereocenters. The summed E-state index contributed by atoms with van der Waals surface area (Å²) in [7, 11) is 1.35. The Balaban J connectivity index is 2.06. The summed E-state index contributed by atoms with van der Waals surface area (Å²) in [6.07, 6.45) is 0. The predicted octanol–water partition coefficient (Wildman–Crippen LogP) is 5.77. The SMILES string of the molecule is COc1ccc(-c2cccc(N(CC(=O)OC(C)(C)C)C(=O)c3c(F)cccc3F)c2)cc1F. The van der Waals surface area contributed by atoms with E-state index in [4.69, 9.17) is 9.47 Å². The molecule has 0 atom stereocenters. The van der Waals surface area contributed by atoms with Gasteiger partial charge in [-0.05, 0) is 68.3 Å². The molecular weight excluding hydrogens is 447 g/mol. The molecule has 0 saturated heterocycles. The monoisotopic (exact) mass is 471 g/mol. The Morgan fingerprint density at radius 2 is 1.47 bits per heavy atom. The lowest BCUT2D eigenvalue weighted by atomic mass is 10.0. The Kier molecular flexibility index (Phi) is 7.29. The highest BCUT2D eigenvalue weighted by molar-refractivity contribution is 6.09. The molecule has 0 N–H and O–H groups in total. The summed E-state index contributed by atoms with van der Waals surface area (Å²) in [5.41, 5.74) is -0.478. The van der Waals surface area contributed by atoms with Crippen molar-refractivity contribution < 1.29 is 32.2 Å². The van der Waals surface area contributed by atoms with Gasteiger partial charge in [0.2, 0.25) is 0 Å². The number of halogens is 3. The van der Waals surface area contributed by atoms with Crippen LogP contribution in [0.2, 0.25) is 0 Å². The molecule has 0 spiro atoms. The van der Waals surface area contributed by atoms with Crippen molar-refractivity contribution in [2.75, 3.05) is 18.6 Å². The summed E-state index contributed by atoms with van der Waals surface area (Å²) >= 11 is 0. The lowest BCUT2D eigenvalue weighted by Crippen LogP contribution is -2.39. The Morgan fingerprint density at radius 3 is 2.06 bits per heavy atom.